The van der Waals surface area contributed by atoms with Gasteiger partial charge < -0.3 is 10.5 Å². The molecule has 0 saturated heterocycles. The molecule has 0 unspecified atom stereocenters. The maximum atomic E-state index is 12.4. The summed E-state index contributed by atoms with van der Waals surface area (Å²) in [5.74, 6) is 0.387. The Morgan fingerprint density at radius 2 is 1.71 bits per heavy atom. The second-order valence-corrected chi connectivity index (χ2v) is 5.30. The first-order valence-corrected chi connectivity index (χ1v) is 6.97. The highest BCUT2D eigenvalue weighted by Crippen LogP contribution is 2.30. The van der Waals surface area contributed by atoms with Crippen LogP contribution >= 0.6 is 15.9 Å². The van der Waals surface area contributed by atoms with Crippen LogP contribution in [0, 0.1) is 0 Å². The Labute approximate surface area is 128 Å². The zero-order valence-corrected chi connectivity index (χ0v) is 12.5. The summed E-state index contributed by atoms with van der Waals surface area (Å²) in [5.41, 5.74) is 6.73. The van der Waals surface area contributed by atoms with Gasteiger partial charge in [-0.25, -0.2) is 0 Å². The van der Waals surface area contributed by atoms with Crippen LogP contribution in [0.3, 0.4) is 0 Å². The van der Waals surface area contributed by atoms with Gasteiger partial charge in [0, 0.05) is 16.6 Å². The van der Waals surface area contributed by atoms with E-state index in [1.807, 2.05) is 18.2 Å². The fraction of sp³-hybridized carbons (Fsp3) is 0.200. The van der Waals surface area contributed by atoms with E-state index in [4.69, 9.17) is 10.5 Å². The lowest BCUT2D eigenvalue weighted by atomic mass is 10.1. The normalized spacial score (nSPS) is 11.5. The quantitative estimate of drug-likeness (QED) is 0.871. The zero-order valence-electron chi connectivity index (χ0n) is 11.0. The van der Waals surface area contributed by atoms with Gasteiger partial charge >= 0.3 is 6.18 Å². The highest BCUT2D eigenvalue weighted by atomic mass is 79.9. The lowest BCUT2D eigenvalue weighted by Gasteiger charge is -2.10. The molecule has 21 heavy (non-hydrogen) atoms. The standard InChI is InChI=1S/C15H13BrF3NO/c16-14-7-10(8-20)1-2-11(14)9-21-13-5-3-12(4-6-13)15(17,18)19/h1-7H,8-9,20H2. The smallest absolute Gasteiger partial charge is 0.416 e. The van der Waals surface area contributed by atoms with Crippen LogP contribution in [0.25, 0.3) is 0 Å². The van der Waals surface area contributed by atoms with Gasteiger partial charge in [0.05, 0.1) is 5.56 Å². The lowest BCUT2D eigenvalue weighted by Crippen LogP contribution is -2.04. The van der Waals surface area contributed by atoms with E-state index >= 15 is 0 Å². The summed E-state index contributed by atoms with van der Waals surface area (Å²) in [6, 6.07) is 10.3. The van der Waals surface area contributed by atoms with Crippen LogP contribution in [0.5, 0.6) is 5.75 Å². The molecular weight excluding hydrogens is 347 g/mol. The van der Waals surface area contributed by atoms with Crippen molar-refractivity contribution in [1.82, 2.24) is 0 Å². The average molecular weight is 360 g/mol. The number of alkyl halides is 3. The van der Waals surface area contributed by atoms with Gasteiger partial charge in [0.2, 0.25) is 0 Å². The number of rotatable bonds is 4. The molecular formula is C15H13BrF3NO. The Kier molecular flexibility index (Phi) is 4.90. The Hall–Kier alpha value is -1.53. The summed E-state index contributed by atoms with van der Waals surface area (Å²) in [7, 11) is 0. The van der Waals surface area contributed by atoms with E-state index in [0.29, 0.717) is 12.3 Å². The molecule has 0 aliphatic rings. The third kappa shape index (κ3) is 4.22. The largest absolute Gasteiger partial charge is 0.489 e. The van der Waals surface area contributed by atoms with Gasteiger partial charge in [-0.3, -0.25) is 0 Å². The van der Waals surface area contributed by atoms with E-state index in [-0.39, 0.29) is 6.61 Å². The van der Waals surface area contributed by atoms with Gasteiger partial charge in [-0.15, -0.1) is 0 Å². The fourth-order valence-corrected chi connectivity index (χ4v) is 2.28. The fourth-order valence-electron chi connectivity index (χ4n) is 1.74. The van der Waals surface area contributed by atoms with Crippen molar-refractivity contribution in [1.29, 1.82) is 0 Å². The molecule has 0 radical (unpaired) electrons. The molecule has 0 amide bonds. The maximum absolute atomic E-state index is 12.4. The summed E-state index contributed by atoms with van der Waals surface area (Å²) in [6.45, 7) is 0.704. The summed E-state index contributed by atoms with van der Waals surface area (Å²) in [6.07, 6.45) is -4.33. The van der Waals surface area contributed by atoms with Gasteiger partial charge in [-0.05, 0) is 35.9 Å². The molecule has 0 fully saturated rings. The maximum Gasteiger partial charge on any atom is 0.416 e. The molecule has 2 N–H and O–H groups in total. The third-order valence-electron chi connectivity index (χ3n) is 2.93. The second-order valence-electron chi connectivity index (χ2n) is 4.44. The number of benzene rings is 2. The minimum Gasteiger partial charge on any atom is -0.489 e. The Morgan fingerprint density at radius 1 is 1.05 bits per heavy atom. The summed E-state index contributed by atoms with van der Waals surface area (Å²) in [4.78, 5) is 0. The molecule has 0 saturated carbocycles. The van der Waals surface area contributed by atoms with Gasteiger partial charge in [0.15, 0.2) is 0 Å². The van der Waals surface area contributed by atoms with Crippen LogP contribution in [0.2, 0.25) is 0 Å². The molecule has 2 aromatic carbocycles. The van der Waals surface area contributed by atoms with Gasteiger partial charge in [0.25, 0.3) is 0 Å². The Morgan fingerprint density at radius 3 is 2.24 bits per heavy atom. The second kappa shape index (κ2) is 6.49. The van der Waals surface area contributed by atoms with E-state index in [1.54, 1.807) is 0 Å². The van der Waals surface area contributed by atoms with E-state index in [9.17, 15) is 13.2 Å². The minimum absolute atomic E-state index is 0.261. The van der Waals surface area contributed by atoms with E-state index in [2.05, 4.69) is 15.9 Å². The molecule has 0 atom stereocenters. The average Bonchev–Trinajstić information content (AvgIpc) is 2.45. The first-order chi connectivity index (χ1) is 9.90. The molecule has 2 aromatic rings. The number of ether oxygens (including phenoxy) is 1. The number of hydrogen-bond donors (Lipinski definition) is 1. The van der Waals surface area contributed by atoms with Crippen molar-refractivity contribution in [3.8, 4) is 5.75 Å². The van der Waals surface area contributed by atoms with Crippen molar-refractivity contribution in [3.63, 3.8) is 0 Å². The van der Waals surface area contributed by atoms with Crippen molar-refractivity contribution in [3.05, 3.63) is 63.6 Å². The summed E-state index contributed by atoms with van der Waals surface area (Å²) >= 11 is 3.41. The van der Waals surface area contributed by atoms with Crippen molar-refractivity contribution in [2.75, 3.05) is 0 Å². The van der Waals surface area contributed by atoms with Crippen molar-refractivity contribution in [2.45, 2.75) is 19.3 Å². The predicted molar refractivity (Wildman–Crippen MR) is 77.8 cm³/mol. The molecule has 0 aliphatic carbocycles. The topological polar surface area (TPSA) is 35.2 Å². The van der Waals surface area contributed by atoms with Crippen LogP contribution < -0.4 is 10.5 Å². The number of halogens is 4. The molecule has 0 spiro atoms. The summed E-state index contributed by atoms with van der Waals surface area (Å²) < 4.78 is 43.7. The van der Waals surface area contributed by atoms with Gasteiger partial charge in [-0.2, -0.15) is 13.2 Å². The van der Waals surface area contributed by atoms with Crippen LogP contribution in [-0.4, -0.2) is 0 Å². The van der Waals surface area contributed by atoms with E-state index in [0.717, 1.165) is 27.7 Å². The van der Waals surface area contributed by atoms with Crippen molar-refractivity contribution in [2.24, 2.45) is 5.73 Å². The van der Waals surface area contributed by atoms with Crippen molar-refractivity contribution < 1.29 is 17.9 Å². The molecule has 0 bridgehead atoms. The van der Waals surface area contributed by atoms with Gasteiger partial charge in [0.1, 0.15) is 12.4 Å². The molecule has 2 rings (SSSR count). The zero-order chi connectivity index (χ0) is 15.5. The Balaban J connectivity index is 2.03. The van der Waals surface area contributed by atoms with Gasteiger partial charge in [-0.1, -0.05) is 28.1 Å². The monoisotopic (exact) mass is 359 g/mol. The van der Waals surface area contributed by atoms with E-state index < -0.39 is 11.7 Å². The van der Waals surface area contributed by atoms with E-state index in [1.165, 1.54) is 12.1 Å². The number of nitrogens with two attached hydrogens (primary N) is 1. The number of hydrogen-bond acceptors (Lipinski definition) is 2. The lowest BCUT2D eigenvalue weighted by molar-refractivity contribution is -0.137. The first-order valence-electron chi connectivity index (χ1n) is 6.17. The summed E-state index contributed by atoms with van der Waals surface area (Å²) in [5, 5.41) is 0. The highest BCUT2D eigenvalue weighted by Gasteiger charge is 2.29. The predicted octanol–water partition coefficient (Wildman–Crippen LogP) is 4.51. The Bertz CT molecular complexity index is 611. The third-order valence-corrected chi connectivity index (χ3v) is 3.67. The SMILES string of the molecule is NCc1ccc(COc2ccc(C(F)(F)F)cc2)c(Br)c1. The molecule has 0 aliphatic heterocycles. The van der Waals surface area contributed by atoms with Crippen LogP contribution in [-0.2, 0) is 19.3 Å². The molecule has 112 valence electrons. The van der Waals surface area contributed by atoms with Crippen molar-refractivity contribution >= 4 is 15.9 Å². The first kappa shape index (κ1) is 15.9. The minimum atomic E-state index is -4.33. The molecule has 0 heterocycles. The van der Waals surface area contributed by atoms with Crippen LogP contribution in [0.1, 0.15) is 16.7 Å². The molecule has 0 aromatic heterocycles. The molecule has 2 nitrogen and oxygen atoms in total. The molecule has 6 heteroatoms. The van der Waals surface area contributed by atoms with Crippen LogP contribution in [0.15, 0.2) is 46.9 Å². The van der Waals surface area contributed by atoms with Crippen LogP contribution in [0.4, 0.5) is 13.2 Å². The highest BCUT2D eigenvalue weighted by molar-refractivity contribution is 9.10.